The van der Waals surface area contributed by atoms with Gasteiger partial charge in [-0.2, -0.15) is 0 Å². The predicted molar refractivity (Wildman–Crippen MR) is 123 cm³/mol. The number of carbonyl (C=O) groups is 2. The summed E-state index contributed by atoms with van der Waals surface area (Å²) in [5.74, 6) is 1.10. The zero-order valence-electron chi connectivity index (χ0n) is 19.6. The van der Waals surface area contributed by atoms with Gasteiger partial charge in [0.15, 0.2) is 11.5 Å². The van der Waals surface area contributed by atoms with Crippen LogP contribution in [0.3, 0.4) is 0 Å². The van der Waals surface area contributed by atoms with E-state index in [4.69, 9.17) is 23.7 Å². The lowest BCUT2D eigenvalue weighted by Gasteiger charge is -2.19. The Bertz CT molecular complexity index is 1060. The molecule has 2 aromatic carbocycles. The van der Waals surface area contributed by atoms with E-state index >= 15 is 0 Å². The number of methoxy groups -OCH3 is 4. The first-order chi connectivity index (χ1) is 15.9. The fourth-order valence-electron chi connectivity index (χ4n) is 3.86. The summed E-state index contributed by atoms with van der Waals surface area (Å²) in [6, 6.07) is 9.32. The van der Waals surface area contributed by atoms with Crippen LogP contribution in [0.4, 0.5) is 4.79 Å². The van der Waals surface area contributed by atoms with Crippen LogP contribution in [0.2, 0.25) is 0 Å². The third-order valence-electron chi connectivity index (χ3n) is 5.53. The summed E-state index contributed by atoms with van der Waals surface area (Å²) in [4.78, 5) is 26.3. The van der Waals surface area contributed by atoms with Crippen molar-refractivity contribution in [1.82, 2.24) is 4.90 Å². The monoisotopic (exact) mass is 455 g/mol. The molecule has 0 unspecified atom stereocenters. The summed E-state index contributed by atoms with van der Waals surface area (Å²) >= 11 is 0. The first-order valence-electron chi connectivity index (χ1n) is 10.6. The minimum absolute atomic E-state index is 0.316. The van der Waals surface area contributed by atoms with Gasteiger partial charge in [0.05, 0.1) is 35.0 Å². The van der Waals surface area contributed by atoms with E-state index in [9.17, 15) is 9.59 Å². The molecular weight excluding hydrogens is 426 g/mol. The molecule has 8 nitrogen and oxygen atoms in total. The molecule has 1 heterocycles. The zero-order valence-corrected chi connectivity index (χ0v) is 19.6. The first kappa shape index (κ1) is 24.0. The second-order valence-electron chi connectivity index (χ2n) is 7.41. The van der Waals surface area contributed by atoms with E-state index in [1.165, 1.54) is 14.2 Å². The molecule has 0 atom stereocenters. The maximum atomic E-state index is 12.8. The van der Waals surface area contributed by atoms with Gasteiger partial charge < -0.3 is 28.6 Å². The second-order valence-corrected chi connectivity index (χ2v) is 7.41. The molecule has 1 saturated heterocycles. The van der Waals surface area contributed by atoms with Gasteiger partial charge in [0.1, 0.15) is 17.9 Å². The van der Waals surface area contributed by atoms with Gasteiger partial charge in [0, 0.05) is 12.1 Å². The Labute approximate surface area is 193 Å². The minimum Gasteiger partial charge on any atom is -0.496 e. The average Bonchev–Trinajstić information content (AvgIpc) is 3.25. The predicted octanol–water partition coefficient (Wildman–Crippen LogP) is 4.08. The summed E-state index contributed by atoms with van der Waals surface area (Å²) in [6.07, 6.45) is 2.22. The molecule has 0 N–H and O–H groups in total. The van der Waals surface area contributed by atoms with Crippen molar-refractivity contribution < 1.29 is 33.3 Å². The lowest BCUT2D eigenvalue weighted by molar-refractivity contribution is 0.0596. The molecule has 2 aromatic rings. The zero-order chi connectivity index (χ0) is 24.0. The van der Waals surface area contributed by atoms with E-state index in [0.717, 1.165) is 16.7 Å². The Morgan fingerprint density at radius 3 is 2.42 bits per heavy atom. The van der Waals surface area contributed by atoms with E-state index in [1.807, 2.05) is 43.3 Å². The number of hydrogen-bond donors (Lipinski definition) is 0. The highest BCUT2D eigenvalue weighted by Crippen LogP contribution is 2.38. The molecule has 0 aromatic heterocycles. The van der Waals surface area contributed by atoms with Crippen LogP contribution in [0.15, 0.2) is 36.4 Å². The number of cyclic esters (lactones) is 1. The number of rotatable bonds is 9. The van der Waals surface area contributed by atoms with Crippen LogP contribution in [-0.4, -0.2) is 65.1 Å². The number of nitrogens with zero attached hydrogens (tertiary/aromatic N) is 1. The van der Waals surface area contributed by atoms with Crippen molar-refractivity contribution in [2.45, 2.75) is 13.3 Å². The standard InChI is InChI=1S/C25H29NO7/c1-16-8-10-19(22(23(16)31-4)24(27)32-5)18(7-6-12-26-13-14-33-25(26)28)17-9-11-20(29-2)21(15-17)30-3/h7-11,15H,6,12-14H2,1-5H3/b18-7+. The number of amides is 1. The average molecular weight is 456 g/mol. The molecule has 3 rings (SSSR count). The van der Waals surface area contributed by atoms with Crippen LogP contribution in [0, 0.1) is 6.92 Å². The molecule has 0 radical (unpaired) electrons. The second kappa shape index (κ2) is 10.8. The van der Waals surface area contributed by atoms with Crippen LogP contribution >= 0.6 is 0 Å². The molecule has 33 heavy (non-hydrogen) atoms. The summed E-state index contributed by atoms with van der Waals surface area (Å²) in [6.45, 7) is 3.32. The Balaban J connectivity index is 2.14. The molecule has 1 aliphatic heterocycles. The van der Waals surface area contributed by atoms with Crippen LogP contribution < -0.4 is 14.2 Å². The van der Waals surface area contributed by atoms with Crippen molar-refractivity contribution in [3.63, 3.8) is 0 Å². The molecule has 1 amide bonds. The van der Waals surface area contributed by atoms with E-state index < -0.39 is 5.97 Å². The quantitative estimate of drug-likeness (QED) is 0.527. The fraction of sp³-hybridized carbons (Fsp3) is 0.360. The lowest BCUT2D eigenvalue weighted by atomic mass is 9.90. The summed E-state index contributed by atoms with van der Waals surface area (Å²) in [5.41, 5.74) is 3.39. The maximum absolute atomic E-state index is 12.8. The molecular formula is C25H29NO7. The molecule has 0 saturated carbocycles. The molecule has 0 aliphatic carbocycles. The largest absolute Gasteiger partial charge is 0.496 e. The van der Waals surface area contributed by atoms with Crippen LogP contribution in [0.25, 0.3) is 5.57 Å². The van der Waals surface area contributed by atoms with Gasteiger partial charge in [0.2, 0.25) is 0 Å². The van der Waals surface area contributed by atoms with Crippen molar-refractivity contribution in [3.8, 4) is 17.2 Å². The number of ether oxygens (including phenoxy) is 5. The van der Waals surface area contributed by atoms with Gasteiger partial charge >= 0.3 is 12.1 Å². The highest BCUT2D eigenvalue weighted by molar-refractivity contribution is 6.01. The van der Waals surface area contributed by atoms with Crippen molar-refractivity contribution in [1.29, 1.82) is 0 Å². The van der Waals surface area contributed by atoms with Crippen LogP contribution in [0.5, 0.6) is 17.2 Å². The van der Waals surface area contributed by atoms with Gasteiger partial charge in [-0.1, -0.05) is 24.3 Å². The SMILES string of the molecule is COC(=O)c1c(/C(=C/CCN2CCOC2=O)c2ccc(OC)c(OC)c2)ccc(C)c1OC. The first-order valence-corrected chi connectivity index (χ1v) is 10.6. The van der Waals surface area contributed by atoms with Crippen molar-refractivity contribution in [2.24, 2.45) is 0 Å². The van der Waals surface area contributed by atoms with E-state index in [-0.39, 0.29) is 6.09 Å². The number of benzene rings is 2. The summed E-state index contributed by atoms with van der Waals surface area (Å²) < 4.78 is 26.5. The van der Waals surface area contributed by atoms with Gasteiger partial charge in [-0.25, -0.2) is 9.59 Å². The molecule has 1 fully saturated rings. The van der Waals surface area contributed by atoms with E-state index in [1.54, 1.807) is 19.1 Å². The van der Waals surface area contributed by atoms with Crippen molar-refractivity contribution in [2.75, 3.05) is 48.1 Å². The molecule has 176 valence electrons. The Morgan fingerprint density at radius 2 is 1.82 bits per heavy atom. The number of esters is 1. The highest BCUT2D eigenvalue weighted by Gasteiger charge is 2.24. The molecule has 0 bridgehead atoms. The minimum atomic E-state index is -0.500. The van der Waals surface area contributed by atoms with Gasteiger partial charge in [-0.15, -0.1) is 0 Å². The maximum Gasteiger partial charge on any atom is 0.409 e. The Morgan fingerprint density at radius 1 is 1.06 bits per heavy atom. The lowest BCUT2D eigenvalue weighted by Crippen LogP contribution is -2.24. The highest BCUT2D eigenvalue weighted by atomic mass is 16.6. The summed E-state index contributed by atoms with van der Waals surface area (Å²) in [5, 5.41) is 0. The van der Waals surface area contributed by atoms with E-state index in [0.29, 0.717) is 54.5 Å². The number of carbonyl (C=O) groups excluding carboxylic acids is 2. The van der Waals surface area contributed by atoms with Crippen molar-refractivity contribution >= 4 is 17.6 Å². The topological polar surface area (TPSA) is 83.5 Å². The normalized spacial score (nSPS) is 13.5. The Hall–Kier alpha value is -3.68. The van der Waals surface area contributed by atoms with E-state index in [2.05, 4.69) is 0 Å². The third kappa shape index (κ3) is 5.05. The van der Waals surface area contributed by atoms with Gasteiger partial charge in [-0.3, -0.25) is 0 Å². The number of aryl methyl sites for hydroxylation is 1. The van der Waals surface area contributed by atoms with Crippen LogP contribution in [-0.2, 0) is 9.47 Å². The molecule has 1 aliphatic rings. The van der Waals surface area contributed by atoms with Gasteiger partial charge in [-0.05, 0) is 42.2 Å². The fourth-order valence-corrected chi connectivity index (χ4v) is 3.86. The molecule has 0 spiro atoms. The van der Waals surface area contributed by atoms with Crippen molar-refractivity contribution in [3.05, 3.63) is 58.7 Å². The number of hydrogen-bond acceptors (Lipinski definition) is 7. The third-order valence-corrected chi connectivity index (χ3v) is 5.53. The molecule has 8 heteroatoms. The smallest absolute Gasteiger partial charge is 0.409 e. The van der Waals surface area contributed by atoms with Gasteiger partial charge in [0.25, 0.3) is 0 Å². The summed E-state index contributed by atoms with van der Waals surface area (Å²) in [7, 11) is 6.01. The van der Waals surface area contributed by atoms with Crippen LogP contribution in [0.1, 0.15) is 33.5 Å². The Kier molecular flexibility index (Phi) is 7.82.